The lowest BCUT2D eigenvalue weighted by molar-refractivity contribution is 0.0948. The van der Waals surface area contributed by atoms with Crippen molar-refractivity contribution in [3.63, 3.8) is 0 Å². The monoisotopic (exact) mass is 307 g/mol. The van der Waals surface area contributed by atoms with Crippen LogP contribution in [0.3, 0.4) is 0 Å². The maximum atomic E-state index is 11.9. The van der Waals surface area contributed by atoms with Gasteiger partial charge in [-0.05, 0) is 31.0 Å². The summed E-state index contributed by atoms with van der Waals surface area (Å²) in [6, 6.07) is 9.90. The minimum Gasteiger partial charge on any atom is -0.350 e. The van der Waals surface area contributed by atoms with Crippen molar-refractivity contribution in [2.45, 2.75) is 13.3 Å². The molecule has 3 aromatic rings. The van der Waals surface area contributed by atoms with Gasteiger partial charge in [0.15, 0.2) is 0 Å². The number of benzene rings is 1. The second kappa shape index (κ2) is 6.83. The van der Waals surface area contributed by atoms with Gasteiger partial charge in [-0.15, -0.1) is 0 Å². The molecule has 0 aliphatic heterocycles. The van der Waals surface area contributed by atoms with E-state index >= 15 is 0 Å². The van der Waals surface area contributed by atoms with E-state index in [2.05, 4.69) is 20.4 Å². The van der Waals surface area contributed by atoms with Crippen LogP contribution in [-0.4, -0.2) is 32.2 Å². The van der Waals surface area contributed by atoms with Crippen LogP contribution in [0.4, 0.5) is 0 Å². The van der Waals surface area contributed by atoms with E-state index in [1.165, 1.54) is 6.20 Å². The van der Waals surface area contributed by atoms with E-state index in [4.69, 9.17) is 0 Å². The molecule has 0 aliphatic rings. The van der Waals surface area contributed by atoms with E-state index in [9.17, 15) is 4.79 Å². The summed E-state index contributed by atoms with van der Waals surface area (Å²) < 4.78 is 1.82. The number of rotatable bonds is 5. The maximum Gasteiger partial charge on any atom is 0.271 e. The van der Waals surface area contributed by atoms with Crippen molar-refractivity contribution in [3.8, 4) is 5.69 Å². The zero-order valence-corrected chi connectivity index (χ0v) is 12.8. The highest BCUT2D eigenvalue weighted by molar-refractivity contribution is 5.91. The molecule has 2 heterocycles. The van der Waals surface area contributed by atoms with Crippen LogP contribution in [0.2, 0.25) is 0 Å². The summed E-state index contributed by atoms with van der Waals surface area (Å²) in [5.74, 6) is -0.215. The van der Waals surface area contributed by atoms with Gasteiger partial charge < -0.3 is 5.32 Å². The van der Waals surface area contributed by atoms with Crippen molar-refractivity contribution in [2.24, 2.45) is 0 Å². The summed E-state index contributed by atoms with van der Waals surface area (Å²) in [4.78, 5) is 20.1. The summed E-state index contributed by atoms with van der Waals surface area (Å²) in [5, 5.41) is 7.17. The molecule has 116 valence electrons. The Labute approximate surface area is 134 Å². The Bertz CT molecular complexity index is 780. The molecule has 0 aliphatic carbocycles. The van der Waals surface area contributed by atoms with Crippen molar-refractivity contribution < 1.29 is 4.79 Å². The van der Waals surface area contributed by atoms with Crippen LogP contribution in [0.1, 0.15) is 21.7 Å². The van der Waals surface area contributed by atoms with Crippen molar-refractivity contribution in [1.82, 2.24) is 25.1 Å². The van der Waals surface area contributed by atoms with Crippen molar-refractivity contribution >= 4 is 5.91 Å². The third kappa shape index (κ3) is 3.79. The largest absolute Gasteiger partial charge is 0.350 e. The predicted molar refractivity (Wildman–Crippen MR) is 86.4 cm³/mol. The van der Waals surface area contributed by atoms with Gasteiger partial charge in [0, 0.05) is 18.9 Å². The summed E-state index contributed by atoms with van der Waals surface area (Å²) in [5.41, 5.74) is 3.19. The van der Waals surface area contributed by atoms with Crippen molar-refractivity contribution in [1.29, 1.82) is 0 Å². The molecule has 1 N–H and O–H groups in total. The molecule has 3 rings (SSSR count). The van der Waals surface area contributed by atoms with E-state index in [1.54, 1.807) is 6.20 Å². The topological polar surface area (TPSA) is 72.7 Å². The first kappa shape index (κ1) is 14.9. The predicted octanol–water partition coefficient (Wildman–Crippen LogP) is 1.94. The summed E-state index contributed by atoms with van der Waals surface area (Å²) in [7, 11) is 0. The van der Waals surface area contributed by atoms with Gasteiger partial charge in [0.2, 0.25) is 0 Å². The molecule has 0 fully saturated rings. The standard InChI is InChI=1S/C17H17N5O/c1-13-9-20-16(11-19-13)17(23)18-8-7-14-10-21-22(12-14)15-5-3-2-4-6-15/h2-6,9-12H,7-8H2,1H3,(H,18,23). The molecule has 0 saturated carbocycles. The highest BCUT2D eigenvalue weighted by Gasteiger charge is 2.07. The molecule has 0 saturated heterocycles. The number of amides is 1. The number of carbonyl (C=O) groups is 1. The van der Waals surface area contributed by atoms with Gasteiger partial charge in [0.05, 0.1) is 23.8 Å². The van der Waals surface area contributed by atoms with E-state index in [0.29, 0.717) is 18.7 Å². The zero-order valence-electron chi connectivity index (χ0n) is 12.8. The van der Waals surface area contributed by atoms with Crippen LogP contribution in [0.25, 0.3) is 5.69 Å². The number of hydrogen-bond acceptors (Lipinski definition) is 4. The van der Waals surface area contributed by atoms with Gasteiger partial charge in [-0.2, -0.15) is 5.10 Å². The van der Waals surface area contributed by atoms with Crippen molar-refractivity contribution in [2.75, 3.05) is 6.54 Å². The van der Waals surface area contributed by atoms with Gasteiger partial charge in [-0.25, -0.2) is 9.67 Å². The third-order valence-corrected chi connectivity index (χ3v) is 3.37. The van der Waals surface area contributed by atoms with Crippen molar-refractivity contribution in [3.05, 3.63) is 72.1 Å². The number of carbonyl (C=O) groups excluding carboxylic acids is 1. The van der Waals surface area contributed by atoms with E-state index in [1.807, 2.05) is 54.3 Å². The molecule has 23 heavy (non-hydrogen) atoms. The number of aryl methyl sites for hydroxylation is 1. The Hall–Kier alpha value is -3.02. The molecule has 1 amide bonds. The Kier molecular flexibility index (Phi) is 4.42. The number of para-hydroxylation sites is 1. The molecular weight excluding hydrogens is 290 g/mol. The lowest BCUT2D eigenvalue weighted by Gasteiger charge is -2.03. The number of nitrogens with one attached hydrogen (secondary N) is 1. The lowest BCUT2D eigenvalue weighted by Crippen LogP contribution is -2.26. The smallest absolute Gasteiger partial charge is 0.271 e. The van der Waals surface area contributed by atoms with Crippen LogP contribution in [-0.2, 0) is 6.42 Å². The number of aromatic nitrogens is 4. The first-order chi connectivity index (χ1) is 11.2. The fraction of sp³-hybridized carbons (Fsp3) is 0.176. The van der Waals surface area contributed by atoms with E-state index < -0.39 is 0 Å². The van der Waals surface area contributed by atoms with E-state index in [0.717, 1.165) is 16.9 Å². The molecule has 0 spiro atoms. The molecule has 0 radical (unpaired) electrons. The molecular formula is C17H17N5O. The molecule has 6 heteroatoms. The second-order valence-corrected chi connectivity index (χ2v) is 5.18. The minimum atomic E-state index is -0.215. The van der Waals surface area contributed by atoms with Gasteiger partial charge >= 0.3 is 0 Å². The van der Waals surface area contributed by atoms with Crippen LogP contribution in [0.15, 0.2) is 55.1 Å². The zero-order chi connectivity index (χ0) is 16.1. The second-order valence-electron chi connectivity index (χ2n) is 5.18. The van der Waals surface area contributed by atoms with Crippen LogP contribution in [0, 0.1) is 6.92 Å². The summed E-state index contributed by atoms with van der Waals surface area (Å²) in [6.07, 6.45) is 7.55. The summed E-state index contributed by atoms with van der Waals surface area (Å²) >= 11 is 0. The van der Waals surface area contributed by atoms with Crippen LogP contribution < -0.4 is 5.32 Å². The Morgan fingerprint density at radius 3 is 2.70 bits per heavy atom. The molecule has 0 bridgehead atoms. The number of hydrogen-bond donors (Lipinski definition) is 1. The van der Waals surface area contributed by atoms with Gasteiger partial charge in [0.1, 0.15) is 5.69 Å². The lowest BCUT2D eigenvalue weighted by atomic mass is 10.2. The maximum absolute atomic E-state index is 11.9. The minimum absolute atomic E-state index is 0.215. The fourth-order valence-corrected chi connectivity index (χ4v) is 2.13. The normalized spacial score (nSPS) is 10.5. The highest BCUT2D eigenvalue weighted by Crippen LogP contribution is 2.07. The molecule has 6 nitrogen and oxygen atoms in total. The Morgan fingerprint density at radius 1 is 1.13 bits per heavy atom. The SMILES string of the molecule is Cc1cnc(C(=O)NCCc2cnn(-c3ccccc3)c2)cn1. The molecule has 0 atom stereocenters. The van der Waals surface area contributed by atoms with Gasteiger partial charge in [-0.3, -0.25) is 9.78 Å². The van der Waals surface area contributed by atoms with Crippen LogP contribution >= 0.6 is 0 Å². The Balaban J connectivity index is 1.54. The molecule has 2 aromatic heterocycles. The Morgan fingerprint density at radius 2 is 1.96 bits per heavy atom. The third-order valence-electron chi connectivity index (χ3n) is 3.37. The summed E-state index contributed by atoms with van der Waals surface area (Å²) in [6.45, 7) is 2.36. The average Bonchev–Trinajstić information content (AvgIpc) is 3.05. The first-order valence-electron chi connectivity index (χ1n) is 7.38. The van der Waals surface area contributed by atoms with E-state index in [-0.39, 0.29) is 5.91 Å². The van der Waals surface area contributed by atoms with Gasteiger partial charge in [0.25, 0.3) is 5.91 Å². The van der Waals surface area contributed by atoms with Gasteiger partial charge in [-0.1, -0.05) is 18.2 Å². The number of nitrogens with zero attached hydrogens (tertiary/aromatic N) is 4. The molecule has 1 aromatic carbocycles. The van der Waals surface area contributed by atoms with Crippen LogP contribution in [0.5, 0.6) is 0 Å². The fourth-order valence-electron chi connectivity index (χ4n) is 2.13. The molecule has 0 unspecified atom stereocenters. The quantitative estimate of drug-likeness (QED) is 0.782. The first-order valence-corrected chi connectivity index (χ1v) is 7.38. The highest BCUT2D eigenvalue weighted by atomic mass is 16.1. The average molecular weight is 307 g/mol.